The fourth-order valence-corrected chi connectivity index (χ4v) is 1.52. The largest absolute Gasteiger partial charge is 0.385 e. The van der Waals surface area contributed by atoms with Gasteiger partial charge in [0.1, 0.15) is 5.82 Å². The molecule has 19 heavy (non-hydrogen) atoms. The summed E-state index contributed by atoms with van der Waals surface area (Å²) >= 11 is 0. The van der Waals surface area contributed by atoms with Crippen LogP contribution in [0.3, 0.4) is 0 Å². The smallest absolute Gasteiger partial charge is 0.274 e. The predicted molar refractivity (Wildman–Crippen MR) is 72.9 cm³/mol. The van der Waals surface area contributed by atoms with Crippen LogP contribution in [0.2, 0.25) is 0 Å². The lowest BCUT2D eigenvalue weighted by molar-refractivity contribution is 0.0792. The van der Waals surface area contributed by atoms with E-state index in [0.29, 0.717) is 30.2 Å². The third-order valence-corrected chi connectivity index (χ3v) is 2.70. The van der Waals surface area contributed by atoms with Gasteiger partial charge in [-0.05, 0) is 0 Å². The van der Waals surface area contributed by atoms with Gasteiger partial charge in [-0.25, -0.2) is 9.97 Å². The third kappa shape index (κ3) is 3.65. The maximum atomic E-state index is 12.3. The van der Waals surface area contributed by atoms with Crippen molar-refractivity contribution >= 4 is 11.6 Å². The average molecular weight is 261 g/mol. The van der Waals surface area contributed by atoms with Gasteiger partial charge in [0, 0.05) is 26.6 Å². The Morgan fingerprint density at radius 3 is 2.79 bits per heavy atom. The molecule has 1 aromatic rings. The van der Waals surface area contributed by atoms with E-state index in [1.165, 1.54) is 4.90 Å². The van der Waals surface area contributed by atoms with E-state index in [1.54, 1.807) is 20.3 Å². The summed E-state index contributed by atoms with van der Waals surface area (Å²) in [6.07, 6.45) is 1.92. The molecule has 0 radical (unpaired) electrons. The number of nitrogens with zero attached hydrogens (tertiary/aromatic N) is 4. The Morgan fingerprint density at radius 1 is 1.58 bits per heavy atom. The van der Waals surface area contributed by atoms with Crippen LogP contribution in [-0.4, -0.2) is 41.4 Å². The van der Waals surface area contributed by atoms with Crippen molar-refractivity contribution in [1.82, 2.24) is 14.9 Å². The molecule has 1 N–H and O–H groups in total. The molecule has 0 bridgehead atoms. The minimum absolute atomic E-state index is 0.155. The highest BCUT2D eigenvalue weighted by atomic mass is 16.2. The number of amides is 1. The van der Waals surface area contributed by atoms with E-state index in [2.05, 4.69) is 15.3 Å². The van der Waals surface area contributed by atoms with Gasteiger partial charge in [0.2, 0.25) is 0 Å². The van der Waals surface area contributed by atoms with E-state index >= 15 is 0 Å². The summed E-state index contributed by atoms with van der Waals surface area (Å²) in [5.74, 6) is 0.585. The first-order valence-corrected chi connectivity index (χ1v) is 6.18. The Balaban J connectivity index is 3.06. The number of nitriles is 1. The Bertz CT molecular complexity index is 492. The van der Waals surface area contributed by atoms with Crippen LogP contribution >= 0.6 is 0 Å². The summed E-state index contributed by atoms with van der Waals surface area (Å²) < 4.78 is 0. The van der Waals surface area contributed by atoms with Gasteiger partial charge < -0.3 is 10.2 Å². The van der Waals surface area contributed by atoms with Gasteiger partial charge in [-0.3, -0.25) is 4.79 Å². The molecule has 0 saturated carbocycles. The van der Waals surface area contributed by atoms with Gasteiger partial charge in [0.15, 0.2) is 5.69 Å². The zero-order valence-corrected chi connectivity index (χ0v) is 11.8. The molecule has 0 fully saturated rings. The number of hydrogen-bond acceptors (Lipinski definition) is 5. The fraction of sp³-hybridized carbons (Fsp3) is 0.538. The molecule has 0 aliphatic rings. The Morgan fingerprint density at radius 2 is 2.26 bits per heavy atom. The number of hydrogen-bond donors (Lipinski definition) is 1. The lowest BCUT2D eigenvalue weighted by atomic mass is 10.2. The zero-order chi connectivity index (χ0) is 14.4. The molecule has 1 amide bonds. The maximum Gasteiger partial charge on any atom is 0.274 e. The quantitative estimate of drug-likeness (QED) is 0.871. The fourth-order valence-electron chi connectivity index (χ4n) is 1.52. The van der Waals surface area contributed by atoms with E-state index in [-0.39, 0.29) is 11.8 Å². The second kappa shape index (κ2) is 6.69. The minimum Gasteiger partial charge on any atom is -0.385 e. The number of carbonyl (C=O) groups excluding carboxylic acids is 1. The molecular weight excluding hydrogens is 242 g/mol. The summed E-state index contributed by atoms with van der Waals surface area (Å²) in [6.45, 7) is 4.34. The van der Waals surface area contributed by atoms with Gasteiger partial charge >= 0.3 is 0 Å². The molecule has 0 spiro atoms. The summed E-state index contributed by atoms with van der Waals surface area (Å²) in [4.78, 5) is 22.3. The number of nitrogens with one attached hydrogen (secondary N) is 1. The van der Waals surface area contributed by atoms with Gasteiger partial charge in [0.05, 0.1) is 24.4 Å². The molecule has 0 aliphatic heterocycles. The first-order chi connectivity index (χ1) is 9.01. The van der Waals surface area contributed by atoms with Crippen molar-refractivity contribution in [3.63, 3.8) is 0 Å². The normalized spacial score (nSPS) is 10.1. The number of carbonyl (C=O) groups is 1. The van der Waals surface area contributed by atoms with Gasteiger partial charge in [-0.1, -0.05) is 13.8 Å². The molecule has 6 heteroatoms. The van der Waals surface area contributed by atoms with Crippen LogP contribution in [0.4, 0.5) is 5.69 Å². The monoisotopic (exact) mass is 261 g/mol. The van der Waals surface area contributed by atoms with Crippen LogP contribution < -0.4 is 5.32 Å². The van der Waals surface area contributed by atoms with Gasteiger partial charge in [0.25, 0.3) is 5.91 Å². The van der Waals surface area contributed by atoms with Crippen molar-refractivity contribution in [1.29, 1.82) is 5.26 Å². The average Bonchev–Trinajstić information content (AvgIpc) is 2.42. The molecule has 1 rings (SSSR count). The predicted octanol–water partition coefficient (Wildman–Crippen LogP) is 1.63. The molecule has 0 aromatic carbocycles. The molecular formula is C13H19N5O. The number of aromatic nitrogens is 2. The van der Waals surface area contributed by atoms with E-state index in [1.807, 2.05) is 19.9 Å². The third-order valence-electron chi connectivity index (χ3n) is 2.70. The van der Waals surface area contributed by atoms with Crippen LogP contribution in [0, 0.1) is 11.3 Å². The molecule has 0 aliphatic carbocycles. The summed E-state index contributed by atoms with van der Waals surface area (Å²) in [5, 5.41) is 11.5. The highest BCUT2D eigenvalue weighted by Crippen LogP contribution is 2.17. The van der Waals surface area contributed by atoms with Crippen LogP contribution in [-0.2, 0) is 0 Å². The van der Waals surface area contributed by atoms with Gasteiger partial charge in [-0.2, -0.15) is 5.26 Å². The van der Waals surface area contributed by atoms with Crippen LogP contribution in [0.15, 0.2) is 6.20 Å². The van der Waals surface area contributed by atoms with Crippen molar-refractivity contribution in [2.75, 3.05) is 26.0 Å². The van der Waals surface area contributed by atoms with Crippen molar-refractivity contribution in [3.8, 4) is 6.07 Å². The number of anilines is 1. The second-order valence-corrected chi connectivity index (χ2v) is 4.53. The lowest BCUT2D eigenvalue weighted by Gasteiger charge is -2.17. The SMILES string of the molecule is CNc1cnc(C(C)C)nc1C(=O)N(C)CCC#N. The van der Waals surface area contributed by atoms with E-state index in [9.17, 15) is 4.79 Å². The van der Waals surface area contributed by atoms with Crippen molar-refractivity contribution in [3.05, 3.63) is 17.7 Å². The molecule has 1 heterocycles. The van der Waals surface area contributed by atoms with Crippen molar-refractivity contribution in [2.24, 2.45) is 0 Å². The molecule has 0 atom stereocenters. The van der Waals surface area contributed by atoms with Crippen LogP contribution in [0.25, 0.3) is 0 Å². The van der Waals surface area contributed by atoms with Crippen LogP contribution in [0.5, 0.6) is 0 Å². The Hall–Kier alpha value is -2.16. The van der Waals surface area contributed by atoms with Crippen molar-refractivity contribution in [2.45, 2.75) is 26.2 Å². The topological polar surface area (TPSA) is 81.9 Å². The lowest BCUT2D eigenvalue weighted by Crippen LogP contribution is -2.29. The highest BCUT2D eigenvalue weighted by molar-refractivity contribution is 5.97. The first-order valence-electron chi connectivity index (χ1n) is 6.18. The summed E-state index contributed by atoms with van der Waals surface area (Å²) in [6, 6.07) is 2.02. The summed E-state index contributed by atoms with van der Waals surface area (Å²) in [5.41, 5.74) is 0.944. The Labute approximate surface area is 113 Å². The van der Waals surface area contributed by atoms with Gasteiger partial charge in [-0.15, -0.1) is 0 Å². The maximum absolute atomic E-state index is 12.3. The molecule has 0 unspecified atom stereocenters. The van der Waals surface area contributed by atoms with Crippen molar-refractivity contribution < 1.29 is 4.79 Å². The standard InChI is InChI=1S/C13H19N5O/c1-9(2)12-16-8-10(15-3)11(17-12)13(19)18(4)7-5-6-14/h8-9,15H,5,7H2,1-4H3. The highest BCUT2D eigenvalue weighted by Gasteiger charge is 2.19. The Kier molecular flexibility index (Phi) is 5.24. The minimum atomic E-state index is -0.205. The first kappa shape index (κ1) is 14.9. The molecule has 1 aromatic heterocycles. The van der Waals surface area contributed by atoms with E-state index in [0.717, 1.165) is 0 Å². The molecule has 6 nitrogen and oxygen atoms in total. The zero-order valence-electron chi connectivity index (χ0n) is 11.8. The number of rotatable bonds is 5. The molecule has 0 saturated heterocycles. The molecule has 102 valence electrons. The second-order valence-electron chi connectivity index (χ2n) is 4.53. The van der Waals surface area contributed by atoms with Crippen LogP contribution in [0.1, 0.15) is 42.5 Å². The summed E-state index contributed by atoms with van der Waals surface area (Å²) in [7, 11) is 3.38. The van der Waals surface area contributed by atoms with E-state index < -0.39 is 0 Å². The van der Waals surface area contributed by atoms with E-state index in [4.69, 9.17) is 5.26 Å².